The van der Waals surface area contributed by atoms with E-state index in [0.29, 0.717) is 0 Å². The molecule has 0 heterocycles. The summed E-state index contributed by atoms with van der Waals surface area (Å²) in [7, 11) is -9.38. The van der Waals surface area contributed by atoms with Crippen LogP contribution in [-0.2, 0) is 20.1 Å². The standard InChI is InChI=1S/C6H3Cl4NO5S2/c7-1-2(8)5(17(11,12)13)4(10)6(3(1)9)18(14,15)16/h(H2,11,12,13)(H,14,15,16). The molecular formula is C6H3Cl4NO5S2. The molecule has 0 spiro atoms. The third-order valence-corrected chi connectivity index (χ3v) is 5.78. The molecule has 3 N–H and O–H groups in total. The van der Waals surface area contributed by atoms with Crippen molar-refractivity contribution < 1.29 is 21.4 Å². The molecule has 18 heavy (non-hydrogen) atoms. The maximum atomic E-state index is 11.2. The van der Waals surface area contributed by atoms with Gasteiger partial charge in [0.1, 0.15) is 9.79 Å². The lowest BCUT2D eigenvalue weighted by Gasteiger charge is -2.12. The van der Waals surface area contributed by atoms with E-state index in [-0.39, 0.29) is 0 Å². The van der Waals surface area contributed by atoms with Gasteiger partial charge in [-0.05, 0) is 0 Å². The van der Waals surface area contributed by atoms with Gasteiger partial charge in [0, 0.05) is 0 Å². The van der Waals surface area contributed by atoms with E-state index in [4.69, 9.17) is 56.1 Å². The molecule has 12 heteroatoms. The van der Waals surface area contributed by atoms with Crippen LogP contribution in [0.3, 0.4) is 0 Å². The Labute approximate surface area is 122 Å². The smallest absolute Gasteiger partial charge is 0.282 e. The molecule has 0 saturated heterocycles. The first-order chi connectivity index (χ1) is 7.89. The second-order valence-electron chi connectivity index (χ2n) is 2.93. The maximum absolute atomic E-state index is 11.2. The van der Waals surface area contributed by atoms with Crippen molar-refractivity contribution in [3.8, 4) is 0 Å². The average Bonchev–Trinajstić information content (AvgIpc) is 2.09. The van der Waals surface area contributed by atoms with Crippen LogP contribution in [0.4, 0.5) is 0 Å². The van der Waals surface area contributed by atoms with Crippen LogP contribution in [0.5, 0.6) is 0 Å². The Kier molecular flexibility index (Phi) is 4.47. The van der Waals surface area contributed by atoms with E-state index in [1.165, 1.54) is 0 Å². The van der Waals surface area contributed by atoms with Crippen molar-refractivity contribution in [3.05, 3.63) is 20.1 Å². The molecule has 0 saturated carbocycles. The van der Waals surface area contributed by atoms with Crippen molar-refractivity contribution in [2.45, 2.75) is 9.79 Å². The Hall–Kier alpha value is 0.200. The summed E-state index contributed by atoms with van der Waals surface area (Å²) in [4.78, 5) is -2.02. The van der Waals surface area contributed by atoms with Gasteiger partial charge in [0.2, 0.25) is 10.0 Å². The molecular weight excluding hydrogens is 372 g/mol. The molecule has 0 unspecified atom stereocenters. The molecule has 0 aliphatic rings. The van der Waals surface area contributed by atoms with E-state index >= 15 is 0 Å². The lowest BCUT2D eigenvalue weighted by atomic mass is 10.3. The molecule has 0 aliphatic carbocycles. The number of nitrogens with two attached hydrogens (primary N) is 1. The van der Waals surface area contributed by atoms with E-state index in [1.807, 2.05) is 0 Å². The van der Waals surface area contributed by atoms with Crippen LogP contribution in [-0.4, -0.2) is 21.4 Å². The van der Waals surface area contributed by atoms with Crippen LogP contribution in [0.15, 0.2) is 9.79 Å². The van der Waals surface area contributed by atoms with Gasteiger partial charge in [-0.15, -0.1) is 0 Å². The fourth-order valence-electron chi connectivity index (χ4n) is 1.07. The van der Waals surface area contributed by atoms with Gasteiger partial charge in [-0.1, -0.05) is 46.4 Å². The van der Waals surface area contributed by atoms with E-state index in [2.05, 4.69) is 0 Å². The Balaban J connectivity index is 4.09. The predicted octanol–water partition coefficient (Wildman–Crippen LogP) is 2.19. The molecule has 0 atom stereocenters. The van der Waals surface area contributed by atoms with Crippen LogP contribution < -0.4 is 5.14 Å². The number of hydrogen-bond donors (Lipinski definition) is 2. The van der Waals surface area contributed by atoms with Crippen LogP contribution in [0, 0.1) is 0 Å². The third kappa shape index (κ3) is 2.86. The first-order valence-corrected chi connectivity index (χ1v) is 8.25. The highest BCUT2D eigenvalue weighted by Gasteiger charge is 2.31. The zero-order chi connectivity index (χ0) is 14.5. The maximum Gasteiger partial charge on any atom is 0.297 e. The van der Waals surface area contributed by atoms with Gasteiger partial charge in [-0.25, -0.2) is 13.6 Å². The summed E-state index contributed by atoms with van der Waals surface area (Å²) in [5.41, 5.74) is 0. The highest BCUT2D eigenvalue weighted by atomic mass is 35.5. The van der Waals surface area contributed by atoms with Crippen molar-refractivity contribution in [2.75, 3.05) is 0 Å². The highest BCUT2D eigenvalue weighted by Crippen LogP contribution is 2.44. The van der Waals surface area contributed by atoms with Crippen molar-refractivity contribution in [1.29, 1.82) is 0 Å². The van der Waals surface area contributed by atoms with Gasteiger partial charge in [-0.3, -0.25) is 4.55 Å². The molecule has 0 radical (unpaired) electrons. The number of rotatable bonds is 2. The number of primary sulfonamides is 1. The molecule has 6 nitrogen and oxygen atoms in total. The first-order valence-electron chi connectivity index (χ1n) is 3.75. The molecule has 102 valence electrons. The number of benzene rings is 1. The van der Waals surface area contributed by atoms with Gasteiger partial charge in [-0.2, -0.15) is 8.42 Å². The van der Waals surface area contributed by atoms with Gasteiger partial charge in [0.15, 0.2) is 0 Å². The number of sulfonamides is 1. The quantitative estimate of drug-likeness (QED) is 0.467. The van der Waals surface area contributed by atoms with Crippen molar-refractivity contribution >= 4 is 66.5 Å². The molecule has 1 aromatic carbocycles. The van der Waals surface area contributed by atoms with Gasteiger partial charge < -0.3 is 0 Å². The van der Waals surface area contributed by atoms with Crippen molar-refractivity contribution in [3.63, 3.8) is 0 Å². The summed E-state index contributed by atoms with van der Waals surface area (Å²) in [5.74, 6) is 0. The Morgan fingerprint density at radius 3 is 1.50 bits per heavy atom. The highest BCUT2D eigenvalue weighted by molar-refractivity contribution is 7.89. The summed E-state index contributed by atoms with van der Waals surface area (Å²) in [6, 6.07) is 0. The first kappa shape index (κ1) is 16.3. The second-order valence-corrected chi connectivity index (χ2v) is 7.30. The number of halogens is 4. The predicted molar refractivity (Wildman–Crippen MR) is 67.7 cm³/mol. The monoisotopic (exact) mass is 373 g/mol. The minimum Gasteiger partial charge on any atom is -0.282 e. The lowest BCUT2D eigenvalue weighted by molar-refractivity contribution is 0.483. The molecule has 0 fully saturated rings. The fourth-order valence-corrected chi connectivity index (χ4v) is 4.74. The Morgan fingerprint density at radius 1 is 0.778 bits per heavy atom. The summed E-state index contributed by atoms with van der Waals surface area (Å²) in [5, 5.41) is 1.93. The Morgan fingerprint density at radius 2 is 1.17 bits per heavy atom. The second kappa shape index (κ2) is 4.95. The summed E-state index contributed by atoms with van der Waals surface area (Å²) in [6.45, 7) is 0. The van der Waals surface area contributed by atoms with E-state index < -0.39 is 50.0 Å². The van der Waals surface area contributed by atoms with Gasteiger partial charge in [0.05, 0.1) is 20.1 Å². The van der Waals surface area contributed by atoms with Crippen LogP contribution in [0.25, 0.3) is 0 Å². The molecule has 1 aromatic rings. The molecule has 1 rings (SSSR count). The minimum atomic E-state index is -4.91. The zero-order valence-electron chi connectivity index (χ0n) is 7.99. The largest absolute Gasteiger partial charge is 0.297 e. The van der Waals surface area contributed by atoms with E-state index in [1.54, 1.807) is 0 Å². The van der Waals surface area contributed by atoms with Crippen molar-refractivity contribution in [1.82, 2.24) is 0 Å². The number of hydrogen-bond acceptors (Lipinski definition) is 4. The molecule has 0 amide bonds. The zero-order valence-corrected chi connectivity index (χ0v) is 12.6. The normalized spacial score (nSPS) is 12.8. The van der Waals surface area contributed by atoms with Crippen LogP contribution in [0.2, 0.25) is 20.1 Å². The topological polar surface area (TPSA) is 115 Å². The van der Waals surface area contributed by atoms with E-state index in [9.17, 15) is 16.8 Å². The van der Waals surface area contributed by atoms with Crippen LogP contribution in [0.1, 0.15) is 0 Å². The fraction of sp³-hybridized carbons (Fsp3) is 0. The SMILES string of the molecule is NS(=O)(=O)c1c(Cl)c(Cl)c(Cl)c(S(=O)(=O)O)c1Cl. The molecule has 0 aromatic heterocycles. The Bertz CT molecular complexity index is 668. The summed E-state index contributed by atoms with van der Waals surface area (Å²) < 4.78 is 53.6. The summed E-state index contributed by atoms with van der Waals surface area (Å²) >= 11 is 22.2. The van der Waals surface area contributed by atoms with E-state index in [0.717, 1.165) is 0 Å². The minimum absolute atomic E-state index is 0.612. The van der Waals surface area contributed by atoms with Crippen molar-refractivity contribution in [2.24, 2.45) is 5.14 Å². The molecule has 0 bridgehead atoms. The average molecular weight is 375 g/mol. The third-order valence-electron chi connectivity index (χ3n) is 1.73. The van der Waals surface area contributed by atoms with Gasteiger partial charge >= 0.3 is 0 Å². The lowest BCUT2D eigenvalue weighted by Crippen LogP contribution is -2.15. The summed E-state index contributed by atoms with van der Waals surface area (Å²) in [6.07, 6.45) is 0. The van der Waals surface area contributed by atoms with Crippen LogP contribution >= 0.6 is 46.4 Å². The van der Waals surface area contributed by atoms with Gasteiger partial charge in [0.25, 0.3) is 10.1 Å². The molecule has 0 aliphatic heterocycles.